The van der Waals surface area contributed by atoms with Crippen molar-refractivity contribution in [3.63, 3.8) is 0 Å². The van der Waals surface area contributed by atoms with Gasteiger partial charge in [-0.05, 0) is 36.7 Å². The van der Waals surface area contributed by atoms with E-state index in [1.165, 1.54) is 30.8 Å². The molecule has 1 aliphatic carbocycles. The number of thioether (sulfide) groups is 1. The molecule has 1 saturated heterocycles. The normalized spacial score (nSPS) is 23.1. The number of hydrogen-bond donors (Lipinski definition) is 2. The average molecular weight is 264 g/mol. The van der Waals surface area contributed by atoms with Crippen molar-refractivity contribution in [1.82, 2.24) is 9.97 Å². The molecule has 5 heteroatoms. The van der Waals surface area contributed by atoms with Crippen molar-refractivity contribution in [1.29, 1.82) is 0 Å². The van der Waals surface area contributed by atoms with E-state index in [0.29, 0.717) is 5.92 Å². The minimum Gasteiger partial charge on any atom is -0.373 e. The van der Waals surface area contributed by atoms with Crippen LogP contribution in [0.15, 0.2) is 6.07 Å². The van der Waals surface area contributed by atoms with Gasteiger partial charge in [0.05, 0.1) is 0 Å². The lowest BCUT2D eigenvalue weighted by atomic mass is 10.1. The van der Waals surface area contributed by atoms with Crippen LogP contribution >= 0.6 is 11.8 Å². The Labute approximate surface area is 112 Å². The maximum atomic E-state index is 4.64. The number of nitrogens with zero attached hydrogens (tertiary/aromatic N) is 2. The maximum Gasteiger partial charge on any atom is 0.136 e. The van der Waals surface area contributed by atoms with Gasteiger partial charge in [0, 0.05) is 25.6 Å². The standard InChI is InChI=1S/C13H20N4S/c1-14-11-6-12(15-7-9-4-5-18-8-9)17-13(16-11)10-2-3-10/h6,9-10H,2-5,7-8H2,1H3,(H2,14,15,16,17). The highest BCUT2D eigenvalue weighted by Crippen LogP contribution is 2.38. The molecule has 1 atom stereocenters. The molecule has 1 aliphatic heterocycles. The predicted octanol–water partition coefficient (Wildman–Crippen LogP) is 2.56. The maximum absolute atomic E-state index is 4.64. The second kappa shape index (κ2) is 5.34. The smallest absolute Gasteiger partial charge is 0.136 e. The van der Waals surface area contributed by atoms with Gasteiger partial charge < -0.3 is 10.6 Å². The second-order valence-electron chi connectivity index (χ2n) is 5.13. The van der Waals surface area contributed by atoms with Crippen LogP contribution in [-0.4, -0.2) is 35.1 Å². The van der Waals surface area contributed by atoms with Crippen LogP contribution < -0.4 is 10.6 Å². The lowest BCUT2D eigenvalue weighted by Crippen LogP contribution is -2.15. The third-order valence-electron chi connectivity index (χ3n) is 3.54. The topological polar surface area (TPSA) is 49.8 Å². The van der Waals surface area contributed by atoms with Crippen molar-refractivity contribution >= 4 is 23.4 Å². The quantitative estimate of drug-likeness (QED) is 0.856. The van der Waals surface area contributed by atoms with Crippen LogP contribution in [0.2, 0.25) is 0 Å². The minimum absolute atomic E-state index is 0.598. The first-order chi connectivity index (χ1) is 8.85. The fourth-order valence-electron chi connectivity index (χ4n) is 2.20. The first-order valence-electron chi connectivity index (χ1n) is 6.73. The van der Waals surface area contributed by atoms with Crippen molar-refractivity contribution in [3.8, 4) is 0 Å². The summed E-state index contributed by atoms with van der Waals surface area (Å²) >= 11 is 2.06. The molecule has 0 bridgehead atoms. The van der Waals surface area contributed by atoms with Crippen molar-refractivity contribution < 1.29 is 0 Å². The number of nitrogens with one attached hydrogen (secondary N) is 2. The van der Waals surface area contributed by atoms with E-state index < -0.39 is 0 Å². The molecular weight excluding hydrogens is 244 g/mol. The molecule has 1 aromatic rings. The van der Waals surface area contributed by atoms with Gasteiger partial charge in [-0.3, -0.25) is 0 Å². The molecule has 0 spiro atoms. The average Bonchev–Trinajstić information content (AvgIpc) is 3.13. The third-order valence-corrected chi connectivity index (χ3v) is 4.77. The molecule has 0 amide bonds. The Morgan fingerprint density at radius 1 is 1.28 bits per heavy atom. The van der Waals surface area contributed by atoms with Crippen molar-refractivity contribution in [2.24, 2.45) is 5.92 Å². The molecule has 0 aromatic carbocycles. The van der Waals surface area contributed by atoms with E-state index in [4.69, 9.17) is 0 Å². The van der Waals surface area contributed by atoms with Crippen LogP contribution in [0.5, 0.6) is 0 Å². The van der Waals surface area contributed by atoms with E-state index in [9.17, 15) is 0 Å². The first kappa shape index (κ1) is 12.1. The van der Waals surface area contributed by atoms with Crippen molar-refractivity contribution in [2.75, 3.05) is 35.7 Å². The summed E-state index contributed by atoms with van der Waals surface area (Å²) in [6, 6.07) is 2.01. The Balaban J connectivity index is 1.67. The molecule has 3 rings (SSSR count). The van der Waals surface area contributed by atoms with Crippen molar-refractivity contribution in [3.05, 3.63) is 11.9 Å². The van der Waals surface area contributed by atoms with Crippen molar-refractivity contribution in [2.45, 2.75) is 25.2 Å². The molecule has 2 aliphatic rings. The summed E-state index contributed by atoms with van der Waals surface area (Å²) in [6.45, 7) is 1.04. The zero-order valence-corrected chi connectivity index (χ0v) is 11.6. The third kappa shape index (κ3) is 2.88. The summed E-state index contributed by atoms with van der Waals surface area (Å²) in [6.07, 6.45) is 3.81. The molecule has 0 radical (unpaired) electrons. The van der Waals surface area contributed by atoms with Gasteiger partial charge in [-0.15, -0.1) is 0 Å². The highest BCUT2D eigenvalue weighted by molar-refractivity contribution is 7.99. The van der Waals surface area contributed by atoms with Crippen LogP contribution in [0.1, 0.15) is 31.0 Å². The fourth-order valence-corrected chi connectivity index (χ4v) is 3.49. The summed E-state index contributed by atoms with van der Waals surface area (Å²) in [7, 11) is 1.91. The zero-order chi connectivity index (χ0) is 12.4. The number of hydrogen-bond acceptors (Lipinski definition) is 5. The Morgan fingerprint density at radius 3 is 2.78 bits per heavy atom. The lowest BCUT2D eigenvalue weighted by Gasteiger charge is -2.12. The molecule has 1 aromatic heterocycles. The van der Waals surface area contributed by atoms with Crippen LogP contribution in [0, 0.1) is 5.92 Å². The van der Waals surface area contributed by atoms with Crippen LogP contribution in [0.4, 0.5) is 11.6 Å². The highest BCUT2D eigenvalue weighted by Gasteiger charge is 2.27. The van der Waals surface area contributed by atoms with Gasteiger partial charge >= 0.3 is 0 Å². The fraction of sp³-hybridized carbons (Fsp3) is 0.692. The Bertz CT molecular complexity index is 413. The summed E-state index contributed by atoms with van der Waals surface area (Å²) in [5, 5.41) is 6.60. The summed E-state index contributed by atoms with van der Waals surface area (Å²) < 4.78 is 0. The molecule has 2 N–H and O–H groups in total. The van der Waals surface area contributed by atoms with Gasteiger partial charge in [0.1, 0.15) is 17.5 Å². The molecule has 18 heavy (non-hydrogen) atoms. The second-order valence-corrected chi connectivity index (χ2v) is 6.28. The van der Waals surface area contributed by atoms with Crippen LogP contribution in [0.3, 0.4) is 0 Å². The lowest BCUT2D eigenvalue weighted by molar-refractivity contribution is 0.630. The highest BCUT2D eigenvalue weighted by atomic mass is 32.2. The SMILES string of the molecule is CNc1cc(NCC2CCSC2)nc(C2CC2)n1. The molecule has 4 nitrogen and oxygen atoms in total. The number of rotatable bonds is 5. The first-order valence-corrected chi connectivity index (χ1v) is 7.89. The van der Waals surface area contributed by atoms with E-state index in [-0.39, 0.29) is 0 Å². The van der Waals surface area contributed by atoms with E-state index >= 15 is 0 Å². The Hall–Kier alpha value is -0.970. The van der Waals surface area contributed by atoms with E-state index in [1.807, 2.05) is 13.1 Å². The Morgan fingerprint density at radius 2 is 2.11 bits per heavy atom. The van der Waals surface area contributed by atoms with Gasteiger partial charge in [0.15, 0.2) is 0 Å². The van der Waals surface area contributed by atoms with Gasteiger partial charge in [-0.25, -0.2) is 9.97 Å². The largest absolute Gasteiger partial charge is 0.373 e. The van der Waals surface area contributed by atoms with Gasteiger partial charge in [-0.1, -0.05) is 0 Å². The van der Waals surface area contributed by atoms with Gasteiger partial charge in [0.25, 0.3) is 0 Å². The summed E-state index contributed by atoms with van der Waals surface area (Å²) in [5.41, 5.74) is 0. The molecule has 1 unspecified atom stereocenters. The summed E-state index contributed by atoms with van der Waals surface area (Å²) in [4.78, 5) is 9.16. The number of anilines is 2. The van der Waals surface area contributed by atoms with E-state index in [2.05, 4.69) is 32.4 Å². The molecule has 98 valence electrons. The molecule has 1 saturated carbocycles. The Kier molecular flexibility index (Phi) is 3.59. The van der Waals surface area contributed by atoms with Crippen LogP contribution in [0.25, 0.3) is 0 Å². The zero-order valence-electron chi connectivity index (χ0n) is 10.8. The van der Waals surface area contributed by atoms with Gasteiger partial charge in [0.2, 0.25) is 0 Å². The molecule has 2 fully saturated rings. The van der Waals surface area contributed by atoms with Crippen LogP contribution in [-0.2, 0) is 0 Å². The van der Waals surface area contributed by atoms with Gasteiger partial charge in [-0.2, -0.15) is 11.8 Å². The number of aromatic nitrogens is 2. The monoisotopic (exact) mass is 264 g/mol. The summed E-state index contributed by atoms with van der Waals surface area (Å²) in [5.74, 6) is 6.90. The predicted molar refractivity (Wildman–Crippen MR) is 77.5 cm³/mol. The van der Waals surface area contributed by atoms with E-state index in [0.717, 1.165) is 29.9 Å². The minimum atomic E-state index is 0.598. The van der Waals surface area contributed by atoms with E-state index in [1.54, 1.807) is 0 Å². The molecule has 2 heterocycles. The molecular formula is C13H20N4S.